The minimum Gasteiger partial charge on any atom is -0.288 e. The lowest BCUT2D eigenvalue weighted by molar-refractivity contribution is 0.167. The summed E-state index contributed by atoms with van der Waals surface area (Å²) in [6.45, 7) is 3.07. The molecular formula is C15H17N3S. The predicted octanol–water partition coefficient (Wildman–Crippen LogP) is 3.11. The molecule has 1 fully saturated rings. The van der Waals surface area contributed by atoms with Crippen molar-refractivity contribution in [2.24, 2.45) is 0 Å². The standard InChI is InChI=1S/C15H17N3S/c1-10-16-8-13-14(17-10)7-11-4-5-15(13)18(11)9-12-3-2-6-19-12/h2-3,6,8,11,15H,4-5,7,9H2,1H3/t11-,15+/m1/s1. The molecule has 0 unspecified atom stereocenters. The van der Waals surface area contributed by atoms with Crippen molar-refractivity contribution in [3.8, 4) is 0 Å². The Balaban J connectivity index is 1.68. The summed E-state index contributed by atoms with van der Waals surface area (Å²) in [5.41, 5.74) is 2.67. The van der Waals surface area contributed by atoms with Crippen LogP contribution in [0.25, 0.3) is 0 Å². The monoisotopic (exact) mass is 271 g/mol. The largest absolute Gasteiger partial charge is 0.288 e. The van der Waals surface area contributed by atoms with Gasteiger partial charge in [0.2, 0.25) is 0 Å². The molecule has 0 aliphatic carbocycles. The number of hydrogen-bond donors (Lipinski definition) is 0. The number of fused-ring (bicyclic) bond motifs is 4. The molecule has 19 heavy (non-hydrogen) atoms. The lowest BCUT2D eigenvalue weighted by Gasteiger charge is -2.35. The molecule has 3 nitrogen and oxygen atoms in total. The van der Waals surface area contributed by atoms with Crippen LogP contribution in [-0.2, 0) is 13.0 Å². The van der Waals surface area contributed by atoms with E-state index in [4.69, 9.17) is 0 Å². The summed E-state index contributed by atoms with van der Waals surface area (Å²) in [4.78, 5) is 13.2. The molecule has 0 N–H and O–H groups in total. The van der Waals surface area contributed by atoms with Crippen molar-refractivity contribution in [1.82, 2.24) is 14.9 Å². The molecule has 0 aromatic carbocycles. The number of hydrogen-bond acceptors (Lipinski definition) is 4. The molecule has 0 radical (unpaired) electrons. The Morgan fingerprint density at radius 1 is 1.42 bits per heavy atom. The van der Waals surface area contributed by atoms with E-state index in [0.29, 0.717) is 12.1 Å². The molecule has 4 heteroatoms. The van der Waals surface area contributed by atoms with E-state index in [1.807, 2.05) is 18.3 Å². The van der Waals surface area contributed by atoms with E-state index >= 15 is 0 Å². The Morgan fingerprint density at radius 3 is 3.21 bits per heavy atom. The fourth-order valence-electron chi connectivity index (χ4n) is 3.50. The third kappa shape index (κ3) is 1.90. The van der Waals surface area contributed by atoms with E-state index in [9.17, 15) is 0 Å². The second-order valence-electron chi connectivity index (χ2n) is 5.52. The van der Waals surface area contributed by atoms with Crippen LogP contribution < -0.4 is 0 Å². The average molecular weight is 271 g/mol. The zero-order chi connectivity index (χ0) is 12.8. The van der Waals surface area contributed by atoms with Crippen molar-refractivity contribution in [2.45, 2.75) is 44.8 Å². The molecule has 4 rings (SSSR count). The summed E-state index contributed by atoms with van der Waals surface area (Å²) in [5, 5.41) is 2.17. The van der Waals surface area contributed by atoms with Crippen LogP contribution in [0.5, 0.6) is 0 Å². The normalized spacial score (nSPS) is 25.5. The van der Waals surface area contributed by atoms with Crippen LogP contribution >= 0.6 is 11.3 Å². The van der Waals surface area contributed by atoms with E-state index in [1.54, 1.807) is 0 Å². The number of aromatic nitrogens is 2. The third-order valence-electron chi connectivity index (χ3n) is 4.37. The van der Waals surface area contributed by atoms with Crippen LogP contribution in [0.2, 0.25) is 0 Å². The maximum Gasteiger partial charge on any atom is 0.125 e. The van der Waals surface area contributed by atoms with Gasteiger partial charge in [-0.2, -0.15) is 0 Å². The van der Waals surface area contributed by atoms with E-state index in [-0.39, 0.29) is 0 Å². The van der Waals surface area contributed by atoms with Gasteiger partial charge in [-0.05, 0) is 31.2 Å². The third-order valence-corrected chi connectivity index (χ3v) is 5.23. The summed E-state index contributed by atoms with van der Waals surface area (Å²) in [5.74, 6) is 0.907. The van der Waals surface area contributed by atoms with Gasteiger partial charge in [-0.15, -0.1) is 11.3 Å². The minimum absolute atomic E-state index is 0.538. The fraction of sp³-hybridized carbons (Fsp3) is 0.467. The molecule has 2 aliphatic heterocycles. The molecule has 2 aromatic rings. The predicted molar refractivity (Wildman–Crippen MR) is 76.1 cm³/mol. The van der Waals surface area contributed by atoms with Crippen molar-refractivity contribution < 1.29 is 0 Å². The highest BCUT2D eigenvalue weighted by molar-refractivity contribution is 7.09. The van der Waals surface area contributed by atoms with Crippen molar-refractivity contribution in [3.05, 3.63) is 45.7 Å². The van der Waals surface area contributed by atoms with E-state index in [1.165, 1.54) is 29.0 Å². The van der Waals surface area contributed by atoms with Gasteiger partial charge in [-0.3, -0.25) is 4.90 Å². The van der Waals surface area contributed by atoms with Crippen molar-refractivity contribution >= 4 is 11.3 Å². The highest BCUT2D eigenvalue weighted by Gasteiger charge is 2.40. The molecule has 2 bridgehead atoms. The van der Waals surface area contributed by atoms with Crippen LogP contribution in [0, 0.1) is 6.92 Å². The van der Waals surface area contributed by atoms with Crippen LogP contribution in [-0.4, -0.2) is 20.9 Å². The Bertz CT molecular complexity index is 593. The number of rotatable bonds is 2. The molecule has 1 saturated heterocycles. The second kappa shape index (κ2) is 4.39. The van der Waals surface area contributed by atoms with E-state index < -0.39 is 0 Å². The minimum atomic E-state index is 0.538. The van der Waals surface area contributed by atoms with Gasteiger partial charge in [-0.1, -0.05) is 6.07 Å². The summed E-state index contributed by atoms with van der Waals surface area (Å²) >= 11 is 1.86. The fourth-order valence-corrected chi connectivity index (χ4v) is 4.22. The Labute approximate surface area is 117 Å². The summed E-state index contributed by atoms with van der Waals surface area (Å²) in [7, 11) is 0. The molecule has 0 saturated carbocycles. The Morgan fingerprint density at radius 2 is 2.37 bits per heavy atom. The Kier molecular flexibility index (Phi) is 2.67. The first-order valence-corrected chi connectivity index (χ1v) is 7.80. The summed E-state index contributed by atoms with van der Waals surface area (Å²) in [6, 6.07) is 5.60. The zero-order valence-corrected chi connectivity index (χ0v) is 11.9. The number of aryl methyl sites for hydroxylation is 1. The van der Waals surface area contributed by atoms with Crippen LogP contribution in [0.4, 0.5) is 0 Å². The van der Waals surface area contributed by atoms with Gasteiger partial charge in [0.15, 0.2) is 0 Å². The first kappa shape index (κ1) is 11.6. The zero-order valence-electron chi connectivity index (χ0n) is 11.0. The smallest absolute Gasteiger partial charge is 0.125 e. The van der Waals surface area contributed by atoms with Crippen LogP contribution in [0.1, 0.15) is 40.8 Å². The number of nitrogens with zero attached hydrogens (tertiary/aromatic N) is 3. The van der Waals surface area contributed by atoms with Gasteiger partial charge in [-0.25, -0.2) is 9.97 Å². The van der Waals surface area contributed by atoms with Crippen molar-refractivity contribution in [1.29, 1.82) is 0 Å². The molecule has 4 heterocycles. The van der Waals surface area contributed by atoms with Gasteiger partial charge >= 0.3 is 0 Å². The van der Waals surface area contributed by atoms with Gasteiger partial charge < -0.3 is 0 Å². The van der Waals surface area contributed by atoms with Crippen LogP contribution in [0.3, 0.4) is 0 Å². The maximum atomic E-state index is 4.65. The lowest BCUT2D eigenvalue weighted by atomic mass is 9.99. The molecule has 0 amide bonds. The molecule has 2 aliphatic rings. The lowest BCUT2D eigenvalue weighted by Crippen LogP contribution is -2.37. The highest BCUT2D eigenvalue weighted by atomic mass is 32.1. The van der Waals surface area contributed by atoms with Gasteiger partial charge in [0.05, 0.1) is 5.69 Å². The maximum absolute atomic E-state index is 4.65. The van der Waals surface area contributed by atoms with E-state index in [0.717, 1.165) is 18.8 Å². The van der Waals surface area contributed by atoms with Gasteiger partial charge in [0.1, 0.15) is 5.82 Å². The average Bonchev–Trinajstić information content (AvgIpc) is 2.99. The summed E-state index contributed by atoms with van der Waals surface area (Å²) < 4.78 is 0. The molecule has 98 valence electrons. The second-order valence-corrected chi connectivity index (χ2v) is 6.55. The first-order chi connectivity index (χ1) is 9.31. The van der Waals surface area contributed by atoms with Gasteiger partial charge in [0.25, 0.3) is 0 Å². The number of thiophene rings is 1. The summed E-state index contributed by atoms with van der Waals surface area (Å²) in [6.07, 6.45) is 5.72. The SMILES string of the molecule is Cc1ncc2c(n1)C[C@H]1CC[C@@H]2N1Cc1cccs1. The van der Waals surface area contributed by atoms with Crippen molar-refractivity contribution in [2.75, 3.05) is 0 Å². The van der Waals surface area contributed by atoms with Gasteiger partial charge in [0, 0.05) is 41.7 Å². The highest BCUT2D eigenvalue weighted by Crippen LogP contribution is 2.43. The molecule has 0 spiro atoms. The van der Waals surface area contributed by atoms with E-state index in [2.05, 4.69) is 38.6 Å². The topological polar surface area (TPSA) is 29.0 Å². The molecule has 2 atom stereocenters. The van der Waals surface area contributed by atoms with Crippen molar-refractivity contribution in [3.63, 3.8) is 0 Å². The molecular weight excluding hydrogens is 254 g/mol. The quantitative estimate of drug-likeness (QED) is 0.840. The van der Waals surface area contributed by atoms with Crippen LogP contribution in [0.15, 0.2) is 23.7 Å². The first-order valence-electron chi connectivity index (χ1n) is 6.92. The molecule has 2 aromatic heterocycles. The Hall–Kier alpha value is -1.26.